The molecule has 0 aliphatic carbocycles. The van der Waals surface area contributed by atoms with Crippen molar-refractivity contribution < 1.29 is 4.74 Å². The highest BCUT2D eigenvalue weighted by Gasteiger charge is 2.24. The van der Waals surface area contributed by atoms with Crippen LogP contribution < -0.4 is 15.8 Å². The quantitative estimate of drug-likeness (QED) is 0.895. The molecule has 8 heteroatoms. The highest BCUT2D eigenvalue weighted by atomic mass is 32.1. The molecule has 0 amide bonds. The Morgan fingerprint density at radius 3 is 3.16 bits per heavy atom. The van der Waals surface area contributed by atoms with Crippen LogP contribution in [0.15, 0.2) is 16.9 Å². The van der Waals surface area contributed by atoms with E-state index >= 15 is 0 Å². The molecule has 2 aromatic heterocycles. The van der Waals surface area contributed by atoms with Crippen LogP contribution in [0.1, 0.15) is 29.8 Å². The number of nitrogens with one attached hydrogen (secondary N) is 1. The second-order valence-electron chi connectivity index (χ2n) is 6.57. The number of ether oxygens (including phenoxy) is 1. The molecule has 4 heterocycles. The largest absolute Gasteiger partial charge is 0.375 e. The monoisotopic (exact) mass is 361 g/mol. The summed E-state index contributed by atoms with van der Waals surface area (Å²) in [6.07, 6.45) is 4.40. The topological polar surface area (TPSA) is 72.3 Å². The lowest BCUT2D eigenvalue weighted by Gasteiger charge is -2.36. The van der Waals surface area contributed by atoms with Crippen LogP contribution in [0.4, 0.5) is 10.9 Å². The minimum Gasteiger partial charge on any atom is -0.375 e. The minimum atomic E-state index is -0.0778. The summed E-state index contributed by atoms with van der Waals surface area (Å²) in [4.78, 5) is 19.9. The molecule has 0 spiro atoms. The molecule has 0 aromatic carbocycles. The molecule has 1 fully saturated rings. The minimum absolute atomic E-state index is 0.0778. The van der Waals surface area contributed by atoms with Gasteiger partial charge < -0.3 is 15.0 Å². The van der Waals surface area contributed by atoms with Crippen LogP contribution in [0.25, 0.3) is 0 Å². The number of thiazole rings is 1. The van der Waals surface area contributed by atoms with Crippen LogP contribution in [0.2, 0.25) is 0 Å². The predicted octanol–water partition coefficient (Wildman–Crippen LogP) is 1.78. The molecular formula is C17H23N5O2S. The number of anilines is 2. The Balaban J connectivity index is 1.46. The van der Waals surface area contributed by atoms with Crippen molar-refractivity contribution in [2.45, 2.75) is 38.3 Å². The van der Waals surface area contributed by atoms with Crippen LogP contribution in [-0.2, 0) is 24.8 Å². The third kappa shape index (κ3) is 3.55. The fourth-order valence-corrected chi connectivity index (χ4v) is 4.42. The lowest BCUT2D eigenvalue weighted by Crippen LogP contribution is -2.44. The zero-order chi connectivity index (χ0) is 17.2. The first-order chi connectivity index (χ1) is 12.2. The number of piperidine rings is 1. The maximum atomic E-state index is 11.6. The van der Waals surface area contributed by atoms with Gasteiger partial charge in [0.1, 0.15) is 5.82 Å². The van der Waals surface area contributed by atoms with Crippen LogP contribution in [0, 0.1) is 0 Å². The average Bonchev–Trinajstić information content (AvgIpc) is 3.05. The van der Waals surface area contributed by atoms with Crippen molar-refractivity contribution in [1.29, 1.82) is 0 Å². The standard InChI is InChI=1S/C17H23N5O2S/c1-21-16(23)6-5-15(20-21)22-8-3-2-4-12(22)10-18-17-19-13-7-9-24-11-14(13)25-17/h5-6,12H,2-4,7-11H2,1H3,(H,18,19). The number of aromatic nitrogens is 3. The smallest absolute Gasteiger partial charge is 0.266 e. The maximum absolute atomic E-state index is 11.6. The zero-order valence-corrected chi connectivity index (χ0v) is 15.2. The molecule has 1 unspecified atom stereocenters. The van der Waals surface area contributed by atoms with E-state index in [9.17, 15) is 4.79 Å². The average molecular weight is 361 g/mol. The Hall–Kier alpha value is -1.93. The Kier molecular flexibility index (Phi) is 4.72. The summed E-state index contributed by atoms with van der Waals surface area (Å²) >= 11 is 1.70. The number of hydrogen-bond acceptors (Lipinski definition) is 7. The van der Waals surface area contributed by atoms with Crippen molar-refractivity contribution in [3.63, 3.8) is 0 Å². The summed E-state index contributed by atoms with van der Waals surface area (Å²) in [5, 5.41) is 8.92. The molecule has 2 aromatic rings. The van der Waals surface area contributed by atoms with E-state index in [0.29, 0.717) is 12.6 Å². The van der Waals surface area contributed by atoms with E-state index in [1.165, 1.54) is 21.7 Å². The third-order valence-corrected chi connectivity index (χ3v) is 5.88. The maximum Gasteiger partial charge on any atom is 0.266 e. The highest BCUT2D eigenvalue weighted by Crippen LogP contribution is 2.28. The second kappa shape index (κ2) is 7.13. The predicted molar refractivity (Wildman–Crippen MR) is 98.4 cm³/mol. The number of nitrogens with zero attached hydrogens (tertiary/aromatic N) is 4. The molecule has 25 heavy (non-hydrogen) atoms. The molecule has 4 rings (SSSR count). The number of hydrogen-bond donors (Lipinski definition) is 1. The van der Waals surface area contributed by atoms with Gasteiger partial charge in [0.2, 0.25) is 0 Å². The van der Waals surface area contributed by atoms with E-state index < -0.39 is 0 Å². The summed E-state index contributed by atoms with van der Waals surface area (Å²) in [5.41, 5.74) is 1.10. The summed E-state index contributed by atoms with van der Waals surface area (Å²) in [6, 6.07) is 3.78. The molecule has 1 atom stereocenters. The first kappa shape index (κ1) is 16.5. The summed E-state index contributed by atoms with van der Waals surface area (Å²) in [5.74, 6) is 0.875. The van der Waals surface area contributed by atoms with E-state index in [1.807, 2.05) is 6.07 Å². The first-order valence-corrected chi connectivity index (χ1v) is 9.63. The summed E-state index contributed by atoms with van der Waals surface area (Å²) < 4.78 is 6.90. The lowest BCUT2D eigenvalue weighted by atomic mass is 10.0. The first-order valence-electron chi connectivity index (χ1n) is 8.82. The Morgan fingerprint density at radius 1 is 1.40 bits per heavy atom. The highest BCUT2D eigenvalue weighted by molar-refractivity contribution is 7.15. The van der Waals surface area contributed by atoms with Crippen LogP contribution in [0.5, 0.6) is 0 Å². The van der Waals surface area contributed by atoms with E-state index in [4.69, 9.17) is 9.72 Å². The molecule has 0 bridgehead atoms. The van der Waals surface area contributed by atoms with Gasteiger partial charge in [0.05, 0.1) is 23.8 Å². The molecule has 7 nitrogen and oxygen atoms in total. The van der Waals surface area contributed by atoms with Crippen LogP contribution >= 0.6 is 11.3 Å². The molecule has 1 saturated heterocycles. The third-order valence-electron chi connectivity index (χ3n) is 4.85. The van der Waals surface area contributed by atoms with Crippen molar-refractivity contribution in [2.75, 3.05) is 29.9 Å². The normalized spacial score (nSPS) is 20.4. The van der Waals surface area contributed by atoms with Gasteiger partial charge in [0.25, 0.3) is 5.56 Å². The van der Waals surface area contributed by atoms with Crippen molar-refractivity contribution in [2.24, 2.45) is 7.05 Å². The van der Waals surface area contributed by atoms with Crippen molar-refractivity contribution in [3.05, 3.63) is 33.1 Å². The Bertz CT molecular complexity index is 779. The van der Waals surface area contributed by atoms with Gasteiger partial charge in [-0.05, 0) is 25.3 Å². The van der Waals surface area contributed by atoms with Crippen molar-refractivity contribution in [3.8, 4) is 0 Å². The van der Waals surface area contributed by atoms with Gasteiger partial charge in [-0.2, -0.15) is 5.10 Å². The molecule has 0 saturated carbocycles. The van der Waals surface area contributed by atoms with E-state index in [0.717, 1.165) is 49.9 Å². The second-order valence-corrected chi connectivity index (χ2v) is 7.65. The molecule has 1 N–H and O–H groups in total. The number of rotatable bonds is 4. The summed E-state index contributed by atoms with van der Waals surface area (Å²) in [6.45, 7) is 3.26. The van der Waals surface area contributed by atoms with Crippen LogP contribution in [-0.4, -0.2) is 40.5 Å². The molecular weight excluding hydrogens is 338 g/mol. The van der Waals surface area contributed by atoms with Gasteiger partial charge in [-0.1, -0.05) is 11.3 Å². The Morgan fingerprint density at radius 2 is 2.32 bits per heavy atom. The van der Waals surface area contributed by atoms with Crippen LogP contribution in [0.3, 0.4) is 0 Å². The zero-order valence-electron chi connectivity index (χ0n) is 14.4. The molecule has 0 radical (unpaired) electrons. The lowest BCUT2D eigenvalue weighted by molar-refractivity contribution is 0.112. The van der Waals surface area contributed by atoms with Gasteiger partial charge in [0, 0.05) is 38.7 Å². The van der Waals surface area contributed by atoms with E-state index in [2.05, 4.69) is 15.3 Å². The van der Waals surface area contributed by atoms with Crippen molar-refractivity contribution >= 4 is 22.3 Å². The Labute approximate surface area is 150 Å². The van der Waals surface area contributed by atoms with Crippen molar-refractivity contribution in [1.82, 2.24) is 14.8 Å². The van der Waals surface area contributed by atoms with Gasteiger partial charge in [0.15, 0.2) is 5.13 Å². The van der Waals surface area contributed by atoms with E-state index in [1.54, 1.807) is 24.5 Å². The molecule has 2 aliphatic heterocycles. The van der Waals surface area contributed by atoms with Gasteiger partial charge >= 0.3 is 0 Å². The van der Waals surface area contributed by atoms with E-state index in [-0.39, 0.29) is 5.56 Å². The fraction of sp³-hybridized carbons (Fsp3) is 0.588. The fourth-order valence-electron chi connectivity index (χ4n) is 3.46. The molecule has 2 aliphatic rings. The van der Waals surface area contributed by atoms with Gasteiger partial charge in [-0.3, -0.25) is 4.79 Å². The van der Waals surface area contributed by atoms with Gasteiger partial charge in [-0.15, -0.1) is 0 Å². The number of fused-ring (bicyclic) bond motifs is 1. The SMILES string of the molecule is Cn1nc(N2CCCCC2CNc2nc3c(s2)COCC3)ccc1=O. The van der Waals surface area contributed by atoms with Gasteiger partial charge in [-0.25, -0.2) is 9.67 Å². The number of aryl methyl sites for hydroxylation is 1. The summed E-state index contributed by atoms with van der Waals surface area (Å²) in [7, 11) is 1.70. The molecule has 134 valence electrons.